The zero-order chi connectivity index (χ0) is 18.8. The molecule has 0 aliphatic carbocycles. The Balaban J connectivity index is 1.77. The highest BCUT2D eigenvalue weighted by atomic mass is 32.1. The number of benzene rings is 2. The van der Waals surface area contributed by atoms with E-state index in [0.717, 1.165) is 28.1 Å². The first-order chi connectivity index (χ1) is 13.1. The summed E-state index contributed by atoms with van der Waals surface area (Å²) in [5.41, 5.74) is 6.22. The van der Waals surface area contributed by atoms with E-state index < -0.39 is 0 Å². The number of carbonyl (C=O) groups excluding carboxylic acids is 1. The second kappa shape index (κ2) is 7.25. The van der Waals surface area contributed by atoms with Gasteiger partial charge in [-0.3, -0.25) is 4.79 Å². The Morgan fingerprint density at radius 2 is 1.67 bits per heavy atom. The number of rotatable bonds is 4. The van der Waals surface area contributed by atoms with Crippen LogP contribution in [0.5, 0.6) is 0 Å². The number of aryl methyl sites for hydroxylation is 2. The highest BCUT2D eigenvalue weighted by Crippen LogP contribution is 2.35. The number of carbonyl (C=O) groups is 1. The van der Waals surface area contributed by atoms with E-state index in [0.29, 0.717) is 4.88 Å². The summed E-state index contributed by atoms with van der Waals surface area (Å²) in [6.45, 7) is 4.09. The Morgan fingerprint density at radius 3 is 2.37 bits per heavy atom. The number of anilines is 1. The zero-order valence-electron chi connectivity index (χ0n) is 15.3. The molecule has 1 N–H and O–H groups in total. The number of hydrogen-bond donors (Lipinski definition) is 1. The van der Waals surface area contributed by atoms with Crippen LogP contribution in [-0.2, 0) is 0 Å². The summed E-state index contributed by atoms with van der Waals surface area (Å²) in [6.07, 6.45) is 3.95. The van der Waals surface area contributed by atoms with E-state index >= 15 is 0 Å². The van der Waals surface area contributed by atoms with E-state index in [1.807, 2.05) is 60.3 Å². The van der Waals surface area contributed by atoms with Crippen molar-refractivity contribution in [3.63, 3.8) is 0 Å². The molecule has 2 heterocycles. The van der Waals surface area contributed by atoms with Gasteiger partial charge in [-0.1, -0.05) is 42.0 Å². The van der Waals surface area contributed by atoms with Gasteiger partial charge in [0.15, 0.2) is 0 Å². The van der Waals surface area contributed by atoms with Crippen LogP contribution in [0.3, 0.4) is 0 Å². The van der Waals surface area contributed by atoms with Gasteiger partial charge in [0.1, 0.15) is 4.88 Å². The van der Waals surface area contributed by atoms with E-state index in [4.69, 9.17) is 0 Å². The van der Waals surface area contributed by atoms with Gasteiger partial charge < -0.3 is 9.88 Å². The van der Waals surface area contributed by atoms with Crippen LogP contribution in [0.4, 0.5) is 5.69 Å². The molecule has 0 bridgehead atoms. The third kappa shape index (κ3) is 3.57. The molecular weight excluding hydrogens is 352 g/mol. The number of hydrogen-bond acceptors (Lipinski definition) is 2. The minimum atomic E-state index is -0.0901. The molecule has 0 saturated heterocycles. The van der Waals surface area contributed by atoms with Gasteiger partial charge in [-0.15, -0.1) is 11.3 Å². The van der Waals surface area contributed by atoms with Crippen LogP contribution >= 0.6 is 11.3 Å². The molecule has 134 valence electrons. The molecule has 0 unspecified atom stereocenters. The summed E-state index contributed by atoms with van der Waals surface area (Å²) >= 11 is 1.47. The first kappa shape index (κ1) is 17.3. The van der Waals surface area contributed by atoms with Crippen molar-refractivity contribution in [1.82, 2.24) is 4.57 Å². The van der Waals surface area contributed by atoms with Gasteiger partial charge in [0.05, 0.1) is 5.69 Å². The van der Waals surface area contributed by atoms with Crippen LogP contribution in [0.1, 0.15) is 20.8 Å². The van der Waals surface area contributed by atoms with Gasteiger partial charge >= 0.3 is 0 Å². The molecule has 1 amide bonds. The highest BCUT2D eigenvalue weighted by Gasteiger charge is 2.20. The number of aromatic nitrogens is 1. The summed E-state index contributed by atoms with van der Waals surface area (Å²) in [6, 6.07) is 20.2. The molecule has 0 radical (unpaired) electrons. The van der Waals surface area contributed by atoms with Crippen LogP contribution in [0.25, 0.3) is 16.8 Å². The minimum absolute atomic E-state index is 0.0901. The lowest BCUT2D eigenvalue weighted by atomic mass is 10.0. The van der Waals surface area contributed by atoms with Gasteiger partial charge in [-0.25, -0.2) is 0 Å². The highest BCUT2D eigenvalue weighted by molar-refractivity contribution is 7.13. The monoisotopic (exact) mass is 372 g/mol. The maximum absolute atomic E-state index is 13.0. The number of amides is 1. The molecule has 0 aliphatic heterocycles. The van der Waals surface area contributed by atoms with Crippen LogP contribution in [-0.4, -0.2) is 10.5 Å². The van der Waals surface area contributed by atoms with E-state index in [1.165, 1.54) is 16.9 Å². The lowest BCUT2D eigenvalue weighted by Gasteiger charge is -2.11. The van der Waals surface area contributed by atoms with Crippen LogP contribution < -0.4 is 5.32 Å². The van der Waals surface area contributed by atoms with Crippen LogP contribution in [0, 0.1) is 13.8 Å². The Hall–Kier alpha value is -3.11. The van der Waals surface area contributed by atoms with Gasteiger partial charge in [-0.05, 0) is 49.2 Å². The van der Waals surface area contributed by atoms with Crippen molar-refractivity contribution in [2.75, 3.05) is 5.32 Å². The third-order valence-electron chi connectivity index (χ3n) is 4.47. The fourth-order valence-corrected chi connectivity index (χ4v) is 4.07. The van der Waals surface area contributed by atoms with Crippen LogP contribution in [0.15, 0.2) is 78.4 Å². The fraction of sp³-hybridized carbons (Fsp3) is 0.0870. The average Bonchev–Trinajstić information content (AvgIpc) is 3.32. The van der Waals surface area contributed by atoms with E-state index in [-0.39, 0.29) is 5.91 Å². The van der Waals surface area contributed by atoms with Crippen molar-refractivity contribution in [1.29, 1.82) is 0 Å². The topological polar surface area (TPSA) is 34.0 Å². The lowest BCUT2D eigenvalue weighted by molar-refractivity contribution is 0.103. The van der Waals surface area contributed by atoms with Crippen molar-refractivity contribution >= 4 is 22.9 Å². The smallest absolute Gasteiger partial charge is 0.267 e. The molecule has 4 rings (SSSR count). The first-order valence-electron chi connectivity index (χ1n) is 8.82. The average molecular weight is 372 g/mol. The van der Waals surface area contributed by atoms with Crippen molar-refractivity contribution in [2.24, 2.45) is 0 Å². The Kier molecular flexibility index (Phi) is 4.65. The summed E-state index contributed by atoms with van der Waals surface area (Å²) < 4.78 is 2.01. The SMILES string of the molecule is Cc1ccc(-c2csc(C(=O)Nc3cccc(C)c3)c2-n2cccc2)cc1. The summed E-state index contributed by atoms with van der Waals surface area (Å²) in [4.78, 5) is 13.7. The minimum Gasteiger partial charge on any atom is -0.322 e. The second-order valence-corrected chi connectivity index (χ2v) is 7.49. The van der Waals surface area contributed by atoms with Crippen molar-refractivity contribution in [3.05, 3.63) is 94.4 Å². The van der Waals surface area contributed by atoms with Crippen molar-refractivity contribution in [3.8, 4) is 16.8 Å². The maximum Gasteiger partial charge on any atom is 0.267 e. The molecule has 0 fully saturated rings. The number of thiophene rings is 1. The normalized spacial score (nSPS) is 10.7. The predicted octanol–water partition coefficient (Wildman–Crippen LogP) is 6.07. The predicted molar refractivity (Wildman–Crippen MR) is 113 cm³/mol. The third-order valence-corrected chi connectivity index (χ3v) is 5.44. The molecular formula is C23H20N2OS. The fourth-order valence-electron chi connectivity index (χ4n) is 3.10. The maximum atomic E-state index is 13.0. The van der Waals surface area contributed by atoms with Gasteiger partial charge in [0.25, 0.3) is 5.91 Å². The largest absolute Gasteiger partial charge is 0.322 e. The molecule has 4 aromatic rings. The lowest BCUT2D eigenvalue weighted by Crippen LogP contribution is -2.13. The molecule has 0 atom stereocenters. The molecule has 0 spiro atoms. The van der Waals surface area contributed by atoms with E-state index in [9.17, 15) is 4.79 Å². The second-order valence-electron chi connectivity index (χ2n) is 6.61. The molecule has 0 aliphatic rings. The number of nitrogens with zero attached hydrogens (tertiary/aromatic N) is 1. The molecule has 4 heteroatoms. The van der Waals surface area contributed by atoms with E-state index in [1.54, 1.807) is 0 Å². The summed E-state index contributed by atoms with van der Waals surface area (Å²) in [7, 11) is 0. The van der Waals surface area contributed by atoms with E-state index in [2.05, 4.69) is 41.9 Å². The first-order valence-corrected chi connectivity index (χ1v) is 9.70. The van der Waals surface area contributed by atoms with Crippen molar-refractivity contribution in [2.45, 2.75) is 13.8 Å². The Morgan fingerprint density at radius 1 is 0.926 bits per heavy atom. The summed E-state index contributed by atoms with van der Waals surface area (Å²) in [5, 5.41) is 5.09. The number of nitrogens with one attached hydrogen (secondary N) is 1. The molecule has 3 nitrogen and oxygen atoms in total. The molecule has 2 aromatic carbocycles. The van der Waals surface area contributed by atoms with Crippen LogP contribution in [0.2, 0.25) is 0 Å². The quantitative estimate of drug-likeness (QED) is 0.463. The molecule has 27 heavy (non-hydrogen) atoms. The van der Waals surface area contributed by atoms with Gasteiger partial charge in [-0.2, -0.15) is 0 Å². The van der Waals surface area contributed by atoms with Gasteiger partial charge in [0, 0.05) is 29.0 Å². The summed E-state index contributed by atoms with van der Waals surface area (Å²) in [5.74, 6) is -0.0901. The zero-order valence-corrected chi connectivity index (χ0v) is 16.1. The standard InChI is InChI=1S/C23H20N2OS/c1-16-8-10-18(11-9-16)20-15-27-22(21(20)25-12-3-4-13-25)23(26)24-19-7-5-6-17(2)14-19/h3-15H,1-2H3,(H,24,26). The van der Waals surface area contributed by atoms with Gasteiger partial charge in [0.2, 0.25) is 0 Å². The Labute approximate surface area is 162 Å². The molecule has 0 saturated carbocycles. The molecule has 2 aromatic heterocycles. The Bertz CT molecular complexity index is 1080. The van der Waals surface area contributed by atoms with Crippen molar-refractivity contribution < 1.29 is 4.79 Å².